The number of nitrogens with zero attached hydrogens (tertiary/aromatic N) is 1. The van der Waals surface area contributed by atoms with Gasteiger partial charge in [-0.1, -0.05) is 42.5 Å². The topological polar surface area (TPSA) is 137 Å². The van der Waals surface area contributed by atoms with Crippen molar-refractivity contribution in [1.82, 2.24) is 10.3 Å². The molecule has 0 aliphatic carbocycles. The lowest BCUT2D eigenvalue weighted by Gasteiger charge is -2.16. The zero-order chi connectivity index (χ0) is 35.6. The third-order valence-electron chi connectivity index (χ3n) is 7.42. The third-order valence-corrected chi connectivity index (χ3v) is 9.72. The highest BCUT2D eigenvalue weighted by atomic mass is 32.2. The molecule has 4 aromatic carbocycles. The molecule has 1 heterocycles. The summed E-state index contributed by atoms with van der Waals surface area (Å²) in [5.74, 6) is 0.733. The Balaban J connectivity index is 1.36. The van der Waals surface area contributed by atoms with E-state index in [0.717, 1.165) is 20.9 Å². The molecule has 0 radical (unpaired) electrons. The van der Waals surface area contributed by atoms with E-state index < -0.39 is 17.1 Å². The van der Waals surface area contributed by atoms with Crippen molar-refractivity contribution in [2.24, 2.45) is 0 Å². The summed E-state index contributed by atoms with van der Waals surface area (Å²) < 4.78 is 22.6. The van der Waals surface area contributed by atoms with Crippen molar-refractivity contribution in [2.75, 3.05) is 39.1 Å². The Labute approximate surface area is 298 Å². The average molecular weight is 713 g/mol. The SMILES string of the molecule is CCC(Sc1cccc(NC(=O)/C(=C\c2cc(OC)c(OC)cc2OC)NC(=O)c2ccccc2)c1)C(=O)Nc1nc2ccc(OC)cc2s1. The Morgan fingerprint density at radius 2 is 1.56 bits per heavy atom. The van der Waals surface area contributed by atoms with Gasteiger partial charge in [0.2, 0.25) is 5.91 Å². The lowest BCUT2D eigenvalue weighted by molar-refractivity contribution is -0.116. The number of ether oxygens (including phenoxy) is 4. The molecular weight excluding hydrogens is 677 g/mol. The van der Waals surface area contributed by atoms with E-state index in [4.69, 9.17) is 18.9 Å². The van der Waals surface area contributed by atoms with Crippen LogP contribution in [-0.2, 0) is 9.59 Å². The number of hydrogen-bond acceptors (Lipinski definition) is 10. The number of carbonyl (C=O) groups is 3. The van der Waals surface area contributed by atoms with Crippen LogP contribution in [0.2, 0.25) is 0 Å². The maximum Gasteiger partial charge on any atom is 0.272 e. The van der Waals surface area contributed by atoms with E-state index in [0.29, 0.717) is 45.6 Å². The highest BCUT2D eigenvalue weighted by Crippen LogP contribution is 2.36. The molecule has 0 aliphatic heterocycles. The largest absolute Gasteiger partial charge is 0.497 e. The number of amides is 3. The highest BCUT2D eigenvalue weighted by Gasteiger charge is 2.21. The zero-order valence-corrected chi connectivity index (χ0v) is 29.7. The van der Waals surface area contributed by atoms with Gasteiger partial charge in [0, 0.05) is 27.8 Å². The summed E-state index contributed by atoms with van der Waals surface area (Å²) in [5, 5.41) is 8.64. The molecule has 1 unspecified atom stereocenters. The van der Waals surface area contributed by atoms with E-state index in [1.54, 1.807) is 67.8 Å². The Morgan fingerprint density at radius 1 is 0.820 bits per heavy atom. The molecular formula is C37H36N4O7S2. The molecule has 5 aromatic rings. The number of rotatable bonds is 14. The van der Waals surface area contributed by atoms with Crippen LogP contribution < -0.4 is 34.9 Å². The van der Waals surface area contributed by atoms with Crippen molar-refractivity contribution in [3.63, 3.8) is 0 Å². The first-order chi connectivity index (χ1) is 24.2. The van der Waals surface area contributed by atoms with Gasteiger partial charge in [-0.25, -0.2) is 4.98 Å². The van der Waals surface area contributed by atoms with Gasteiger partial charge in [-0.2, -0.15) is 0 Å². The summed E-state index contributed by atoms with van der Waals surface area (Å²) in [6.07, 6.45) is 2.06. The number of thioether (sulfide) groups is 1. The number of aromatic nitrogens is 1. The molecule has 0 saturated carbocycles. The van der Waals surface area contributed by atoms with Crippen LogP contribution in [0.1, 0.15) is 29.3 Å². The third kappa shape index (κ3) is 8.73. The van der Waals surface area contributed by atoms with E-state index in [1.165, 1.54) is 50.5 Å². The van der Waals surface area contributed by atoms with Gasteiger partial charge in [-0.05, 0) is 67.1 Å². The van der Waals surface area contributed by atoms with Crippen LogP contribution in [0.5, 0.6) is 23.0 Å². The standard InChI is InChI=1S/C37H36N4O7S2/c1-6-32(36(44)41-37-40-27-16-15-25(45-2)20-33(27)50-37)49-26-14-10-13-24(19-26)38-35(43)28(39-34(42)22-11-8-7-9-12-22)17-23-18-30(47-4)31(48-5)21-29(23)46-3/h7-21,32H,6H2,1-5H3,(H,38,43)(H,39,42)(H,40,41,44)/b28-17+. The number of anilines is 2. The number of methoxy groups -OCH3 is 4. The second-order valence-electron chi connectivity index (χ2n) is 10.7. The first kappa shape index (κ1) is 35.8. The lowest BCUT2D eigenvalue weighted by atomic mass is 10.1. The van der Waals surface area contributed by atoms with Crippen molar-refractivity contribution in [1.29, 1.82) is 0 Å². The molecule has 13 heteroatoms. The monoisotopic (exact) mass is 712 g/mol. The van der Waals surface area contributed by atoms with Crippen LogP contribution in [0.3, 0.4) is 0 Å². The van der Waals surface area contributed by atoms with Crippen LogP contribution in [0.15, 0.2) is 95.5 Å². The van der Waals surface area contributed by atoms with Crippen LogP contribution >= 0.6 is 23.1 Å². The van der Waals surface area contributed by atoms with Crippen molar-refractivity contribution < 1.29 is 33.3 Å². The normalized spacial score (nSPS) is 11.7. The highest BCUT2D eigenvalue weighted by molar-refractivity contribution is 8.00. The van der Waals surface area contributed by atoms with Crippen LogP contribution in [-0.4, -0.2) is 56.4 Å². The summed E-state index contributed by atoms with van der Waals surface area (Å²) in [5.41, 5.74) is 2.04. The molecule has 0 bridgehead atoms. The van der Waals surface area contributed by atoms with E-state index in [2.05, 4.69) is 20.9 Å². The number of thiazole rings is 1. The number of fused-ring (bicyclic) bond motifs is 1. The minimum absolute atomic E-state index is 0.0401. The maximum absolute atomic E-state index is 13.8. The number of nitrogens with one attached hydrogen (secondary N) is 3. The van der Waals surface area contributed by atoms with Crippen molar-refractivity contribution in [3.8, 4) is 23.0 Å². The summed E-state index contributed by atoms with van der Waals surface area (Å²) >= 11 is 2.74. The van der Waals surface area contributed by atoms with Gasteiger partial charge in [0.1, 0.15) is 17.2 Å². The molecule has 0 aliphatic rings. The second-order valence-corrected chi connectivity index (χ2v) is 13.0. The Bertz CT molecular complexity index is 2030. The first-order valence-corrected chi connectivity index (χ1v) is 17.2. The zero-order valence-electron chi connectivity index (χ0n) is 28.1. The molecule has 3 amide bonds. The fraction of sp³-hybridized carbons (Fsp3) is 0.189. The fourth-order valence-electron chi connectivity index (χ4n) is 4.87. The molecule has 3 N–H and O–H groups in total. The second kappa shape index (κ2) is 16.7. The lowest BCUT2D eigenvalue weighted by Crippen LogP contribution is -2.30. The Morgan fingerprint density at radius 3 is 2.26 bits per heavy atom. The molecule has 1 aromatic heterocycles. The Hall–Kier alpha value is -5.53. The van der Waals surface area contributed by atoms with Gasteiger partial charge in [-0.15, -0.1) is 11.8 Å². The summed E-state index contributed by atoms with van der Waals surface area (Å²) in [4.78, 5) is 45.6. The summed E-state index contributed by atoms with van der Waals surface area (Å²) in [7, 11) is 6.10. The predicted octanol–water partition coefficient (Wildman–Crippen LogP) is 7.25. The number of carbonyl (C=O) groups excluding carboxylic acids is 3. The van der Waals surface area contributed by atoms with Crippen molar-refractivity contribution >= 4 is 67.9 Å². The quantitative estimate of drug-likeness (QED) is 0.0803. The van der Waals surface area contributed by atoms with Crippen LogP contribution in [0.4, 0.5) is 10.8 Å². The van der Waals surface area contributed by atoms with Crippen LogP contribution in [0.25, 0.3) is 16.3 Å². The van der Waals surface area contributed by atoms with Gasteiger partial charge >= 0.3 is 0 Å². The van der Waals surface area contributed by atoms with Gasteiger partial charge < -0.3 is 34.9 Å². The number of benzene rings is 4. The molecule has 258 valence electrons. The molecule has 50 heavy (non-hydrogen) atoms. The Kier molecular flexibility index (Phi) is 12.0. The van der Waals surface area contributed by atoms with E-state index in [9.17, 15) is 14.4 Å². The molecule has 5 rings (SSSR count). The molecule has 1 atom stereocenters. The molecule has 0 spiro atoms. The van der Waals surface area contributed by atoms with E-state index in [1.807, 2.05) is 31.2 Å². The minimum atomic E-state index is -0.578. The summed E-state index contributed by atoms with van der Waals surface area (Å²) in [6, 6.07) is 24.6. The van der Waals surface area contributed by atoms with Gasteiger partial charge in [-0.3, -0.25) is 14.4 Å². The van der Waals surface area contributed by atoms with Crippen molar-refractivity contribution in [2.45, 2.75) is 23.5 Å². The van der Waals surface area contributed by atoms with Crippen LogP contribution in [0, 0.1) is 0 Å². The molecule has 11 nitrogen and oxygen atoms in total. The smallest absolute Gasteiger partial charge is 0.272 e. The van der Waals surface area contributed by atoms with E-state index in [-0.39, 0.29) is 11.6 Å². The minimum Gasteiger partial charge on any atom is -0.497 e. The predicted molar refractivity (Wildman–Crippen MR) is 198 cm³/mol. The van der Waals surface area contributed by atoms with E-state index >= 15 is 0 Å². The van der Waals surface area contributed by atoms with Crippen molar-refractivity contribution in [3.05, 3.63) is 102 Å². The van der Waals surface area contributed by atoms with Gasteiger partial charge in [0.15, 0.2) is 16.6 Å². The summed E-state index contributed by atoms with van der Waals surface area (Å²) in [6.45, 7) is 1.93. The average Bonchev–Trinajstić information content (AvgIpc) is 3.55. The maximum atomic E-state index is 13.8. The van der Waals surface area contributed by atoms with Gasteiger partial charge in [0.05, 0.1) is 43.9 Å². The van der Waals surface area contributed by atoms with Gasteiger partial charge in [0.25, 0.3) is 11.8 Å². The first-order valence-electron chi connectivity index (χ1n) is 15.5. The molecule has 0 saturated heterocycles. The fourth-order valence-corrected chi connectivity index (χ4v) is 6.78. The molecule has 0 fully saturated rings. The number of hydrogen-bond donors (Lipinski definition) is 3.